The molecule has 4 heteroatoms. The summed E-state index contributed by atoms with van der Waals surface area (Å²) in [5.41, 5.74) is 2.80. The number of fused-ring (bicyclic) bond motifs is 1. The van der Waals surface area contributed by atoms with Crippen LogP contribution in [0.3, 0.4) is 0 Å². The van der Waals surface area contributed by atoms with Crippen LogP contribution in [0.25, 0.3) is 11.1 Å². The molecule has 1 aromatic heterocycles. The molecular weight excluding hydrogens is 214 g/mol. The maximum atomic E-state index is 8.50. The zero-order valence-corrected chi connectivity index (χ0v) is 10.1. The lowest BCUT2D eigenvalue weighted by atomic mass is 10.2. The van der Waals surface area contributed by atoms with Gasteiger partial charge in [-0.2, -0.15) is 5.26 Å². The lowest BCUT2D eigenvalue weighted by molar-refractivity contribution is 0.561. The van der Waals surface area contributed by atoms with Crippen molar-refractivity contribution in [2.75, 3.05) is 18.5 Å². The lowest BCUT2D eigenvalue weighted by Gasteiger charge is -2.18. The smallest absolute Gasteiger partial charge is 0.192 e. The van der Waals surface area contributed by atoms with Gasteiger partial charge in [0.25, 0.3) is 0 Å². The highest BCUT2D eigenvalue weighted by atomic mass is 16.3. The number of anilines is 1. The second-order valence-electron chi connectivity index (χ2n) is 4.07. The highest BCUT2D eigenvalue weighted by molar-refractivity contribution is 5.77. The van der Waals surface area contributed by atoms with Crippen molar-refractivity contribution in [1.29, 1.82) is 5.26 Å². The van der Waals surface area contributed by atoms with Gasteiger partial charge in [0.05, 0.1) is 6.07 Å². The number of nitrogens with zero attached hydrogens (tertiary/aromatic N) is 3. The van der Waals surface area contributed by atoms with E-state index in [2.05, 4.69) is 16.0 Å². The Morgan fingerprint density at radius 3 is 3.06 bits per heavy atom. The monoisotopic (exact) mass is 229 g/mol. The van der Waals surface area contributed by atoms with Crippen LogP contribution in [-0.2, 0) is 0 Å². The number of nitriles is 1. The molecule has 0 aliphatic heterocycles. The summed E-state index contributed by atoms with van der Waals surface area (Å²) in [6, 6.07) is 8.11. The molecule has 0 radical (unpaired) electrons. The number of benzene rings is 1. The van der Waals surface area contributed by atoms with Crippen LogP contribution in [0, 0.1) is 18.3 Å². The van der Waals surface area contributed by atoms with E-state index in [1.54, 1.807) is 0 Å². The normalized spacial score (nSPS) is 10.4. The molecule has 0 fully saturated rings. The van der Waals surface area contributed by atoms with Crippen molar-refractivity contribution >= 4 is 16.8 Å². The molecule has 88 valence electrons. The van der Waals surface area contributed by atoms with Crippen molar-refractivity contribution in [3.63, 3.8) is 0 Å². The van der Waals surface area contributed by atoms with E-state index < -0.39 is 0 Å². The van der Waals surface area contributed by atoms with Crippen molar-refractivity contribution < 1.29 is 4.42 Å². The van der Waals surface area contributed by atoms with E-state index in [4.69, 9.17) is 9.68 Å². The fraction of sp³-hybridized carbons (Fsp3) is 0.385. The van der Waals surface area contributed by atoms with Crippen molar-refractivity contribution in [2.24, 2.45) is 0 Å². The highest BCUT2D eigenvalue weighted by Crippen LogP contribution is 2.21. The third-order valence-corrected chi connectivity index (χ3v) is 2.70. The lowest BCUT2D eigenvalue weighted by Crippen LogP contribution is -2.18. The molecule has 0 spiro atoms. The quantitative estimate of drug-likeness (QED) is 0.756. The average molecular weight is 229 g/mol. The topological polar surface area (TPSA) is 53.1 Å². The Balaban J connectivity index is 2.15. The fourth-order valence-electron chi connectivity index (χ4n) is 1.79. The largest absolute Gasteiger partial charge is 0.441 e. The maximum absolute atomic E-state index is 8.50. The minimum atomic E-state index is 0.593. The zero-order chi connectivity index (χ0) is 12.3. The molecule has 0 unspecified atom stereocenters. The number of hydrogen-bond acceptors (Lipinski definition) is 4. The van der Waals surface area contributed by atoms with Gasteiger partial charge in [0.1, 0.15) is 5.52 Å². The van der Waals surface area contributed by atoms with E-state index in [9.17, 15) is 0 Å². The van der Waals surface area contributed by atoms with E-state index in [-0.39, 0.29) is 0 Å². The summed E-state index contributed by atoms with van der Waals surface area (Å²) < 4.78 is 5.43. The summed E-state index contributed by atoms with van der Waals surface area (Å²) in [5, 5.41) is 8.50. The first-order chi connectivity index (χ1) is 8.20. The van der Waals surface area contributed by atoms with Crippen LogP contribution in [-0.4, -0.2) is 18.6 Å². The highest BCUT2D eigenvalue weighted by Gasteiger charge is 2.05. The van der Waals surface area contributed by atoms with Gasteiger partial charge in [0.15, 0.2) is 11.5 Å². The average Bonchev–Trinajstić information content (AvgIpc) is 2.68. The Labute approximate surface area is 100 Å². The minimum Gasteiger partial charge on any atom is -0.441 e. The molecule has 2 aromatic rings. The van der Waals surface area contributed by atoms with Crippen molar-refractivity contribution in [3.8, 4) is 6.07 Å². The first-order valence-corrected chi connectivity index (χ1v) is 5.66. The first-order valence-electron chi connectivity index (χ1n) is 5.66. The van der Waals surface area contributed by atoms with Gasteiger partial charge in [-0.1, -0.05) is 0 Å². The van der Waals surface area contributed by atoms with E-state index in [1.165, 1.54) is 0 Å². The van der Waals surface area contributed by atoms with Crippen molar-refractivity contribution in [3.05, 3.63) is 24.1 Å². The van der Waals surface area contributed by atoms with Crippen LogP contribution in [0.5, 0.6) is 0 Å². The molecule has 0 bridgehead atoms. The zero-order valence-electron chi connectivity index (χ0n) is 10.1. The number of rotatable bonds is 4. The molecule has 0 atom stereocenters. The van der Waals surface area contributed by atoms with Gasteiger partial charge in [-0.3, -0.25) is 0 Å². The van der Waals surface area contributed by atoms with E-state index in [0.29, 0.717) is 12.3 Å². The Morgan fingerprint density at radius 2 is 2.29 bits per heavy atom. The van der Waals surface area contributed by atoms with Gasteiger partial charge in [-0.15, -0.1) is 0 Å². The molecular formula is C13H15N3O. The third kappa shape index (κ3) is 2.56. The predicted octanol–water partition coefficient (Wildman–Crippen LogP) is 2.88. The van der Waals surface area contributed by atoms with Crippen molar-refractivity contribution in [1.82, 2.24) is 4.98 Å². The maximum Gasteiger partial charge on any atom is 0.192 e. The summed E-state index contributed by atoms with van der Waals surface area (Å²) in [7, 11) is 2.02. The standard InChI is InChI=1S/C13H15N3O/c1-10-15-12-9-11(5-6-13(12)17-10)16(2)8-4-3-7-14/h5-6,9H,3-4,8H2,1-2H3. The predicted molar refractivity (Wildman–Crippen MR) is 66.9 cm³/mol. The van der Waals surface area contributed by atoms with Gasteiger partial charge in [-0.05, 0) is 24.6 Å². The van der Waals surface area contributed by atoms with Crippen molar-refractivity contribution in [2.45, 2.75) is 19.8 Å². The number of hydrogen-bond donors (Lipinski definition) is 0. The Bertz CT molecular complexity index is 553. The molecule has 1 heterocycles. The summed E-state index contributed by atoms with van der Waals surface area (Å²) in [4.78, 5) is 6.43. The van der Waals surface area contributed by atoms with E-state index in [0.717, 1.165) is 29.8 Å². The van der Waals surface area contributed by atoms with E-state index >= 15 is 0 Å². The second kappa shape index (κ2) is 4.88. The van der Waals surface area contributed by atoms with Gasteiger partial charge in [-0.25, -0.2) is 4.98 Å². The van der Waals surface area contributed by atoms with Crippen LogP contribution in [0.2, 0.25) is 0 Å². The molecule has 17 heavy (non-hydrogen) atoms. The Hall–Kier alpha value is -2.02. The van der Waals surface area contributed by atoms with Gasteiger partial charge >= 0.3 is 0 Å². The van der Waals surface area contributed by atoms with Crippen LogP contribution >= 0.6 is 0 Å². The summed E-state index contributed by atoms with van der Waals surface area (Å²) >= 11 is 0. The Kier molecular flexibility index (Phi) is 3.29. The molecule has 0 N–H and O–H groups in total. The van der Waals surface area contributed by atoms with E-state index in [1.807, 2.05) is 32.2 Å². The van der Waals surface area contributed by atoms with Crippen LogP contribution < -0.4 is 4.90 Å². The molecule has 0 aliphatic rings. The van der Waals surface area contributed by atoms with Crippen LogP contribution in [0.4, 0.5) is 5.69 Å². The minimum absolute atomic E-state index is 0.593. The number of unbranched alkanes of at least 4 members (excludes halogenated alkanes) is 1. The van der Waals surface area contributed by atoms with Crippen LogP contribution in [0.15, 0.2) is 22.6 Å². The van der Waals surface area contributed by atoms with Gasteiger partial charge in [0.2, 0.25) is 0 Å². The second-order valence-corrected chi connectivity index (χ2v) is 4.07. The summed E-state index contributed by atoms with van der Waals surface area (Å²) in [5.74, 6) is 0.685. The Morgan fingerprint density at radius 1 is 1.47 bits per heavy atom. The molecule has 0 saturated carbocycles. The molecule has 2 rings (SSSR count). The molecule has 0 amide bonds. The van der Waals surface area contributed by atoms with Gasteiger partial charge < -0.3 is 9.32 Å². The molecule has 1 aromatic carbocycles. The first kappa shape index (κ1) is 11.5. The molecule has 0 aliphatic carbocycles. The molecule has 4 nitrogen and oxygen atoms in total. The van der Waals surface area contributed by atoms with Gasteiger partial charge in [0, 0.05) is 32.6 Å². The van der Waals surface area contributed by atoms with Crippen LogP contribution in [0.1, 0.15) is 18.7 Å². The fourth-order valence-corrected chi connectivity index (χ4v) is 1.79. The summed E-state index contributed by atoms with van der Waals surface area (Å²) in [6.45, 7) is 2.71. The molecule has 0 saturated heterocycles. The third-order valence-electron chi connectivity index (χ3n) is 2.70. The number of oxazole rings is 1. The number of aryl methyl sites for hydroxylation is 1. The number of aromatic nitrogens is 1. The summed E-state index contributed by atoms with van der Waals surface area (Å²) in [6.07, 6.45) is 1.47. The SMILES string of the molecule is Cc1nc2cc(N(C)CCCC#N)ccc2o1.